The third-order valence-corrected chi connectivity index (χ3v) is 2.92. The van der Waals surface area contributed by atoms with E-state index in [4.69, 9.17) is 0 Å². The Morgan fingerprint density at radius 2 is 2.25 bits per heavy atom. The monoisotopic (exact) mass is 236 g/mol. The Morgan fingerprint density at radius 3 is 2.88 bits per heavy atom. The number of aryl methyl sites for hydroxylation is 1. The van der Waals surface area contributed by atoms with Crippen molar-refractivity contribution in [3.63, 3.8) is 0 Å². The Labute approximate surface area is 96.0 Å². The van der Waals surface area contributed by atoms with Gasteiger partial charge in [-0.3, -0.25) is 4.79 Å². The van der Waals surface area contributed by atoms with Crippen LogP contribution in [0.1, 0.15) is 15.9 Å². The highest BCUT2D eigenvalue weighted by Crippen LogP contribution is 2.15. The molecule has 0 aliphatic carbocycles. The van der Waals surface area contributed by atoms with E-state index in [1.54, 1.807) is 11.4 Å². The summed E-state index contributed by atoms with van der Waals surface area (Å²) in [4.78, 5) is 15.3. The molecular weight excluding hydrogens is 227 g/mol. The van der Waals surface area contributed by atoms with Crippen molar-refractivity contribution in [2.45, 2.75) is 6.92 Å². The van der Waals surface area contributed by atoms with Crippen molar-refractivity contribution >= 4 is 23.1 Å². The first-order valence-electron chi connectivity index (χ1n) is 4.63. The molecule has 82 valence electrons. The molecule has 1 amide bonds. The molecule has 0 spiro atoms. The van der Waals surface area contributed by atoms with Crippen molar-refractivity contribution in [3.8, 4) is 0 Å². The first kappa shape index (κ1) is 10.8. The van der Waals surface area contributed by atoms with Gasteiger partial charge in [-0.05, 0) is 30.0 Å². The van der Waals surface area contributed by atoms with Crippen LogP contribution in [0.4, 0.5) is 10.2 Å². The van der Waals surface area contributed by atoms with Gasteiger partial charge in [0.05, 0.1) is 5.56 Å². The molecule has 0 atom stereocenters. The van der Waals surface area contributed by atoms with Crippen molar-refractivity contribution in [2.24, 2.45) is 0 Å². The predicted octanol–water partition coefficient (Wildman–Crippen LogP) is 2.84. The second-order valence-corrected chi connectivity index (χ2v) is 4.01. The molecule has 0 aliphatic rings. The van der Waals surface area contributed by atoms with Crippen LogP contribution in [-0.2, 0) is 0 Å². The van der Waals surface area contributed by atoms with E-state index in [1.165, 1.54) is 23.5 Å². The van der Waals surface area contributed by atoms with E-state index in [0.717, 1.165) is 5.56 Å². The fourth-order valence-corrected chi connectivity index (χ4v) is 2.08. The molecule has 0 saturated carbocycles. The molecule has 0 saturated heterocycles. The second kappa shape index (κ2) is 4.40. The van der Waals surface area contributed by atoms with E-state index < -0.39 is 5.95 Å². The van der Waals surface area contributed by atoms with Crippen LogP contribution in [0, 0.1) is 12.9 Å². The zero-order valence-corrected chi connectivity index (χ0v) is 9.34. The summed E-state index contributed by atoms with van der Waals surface area (Å²) in [6.45, 7) is 1.85. The lowest BCUT2D eigenvalue weighted by atomic mass is 10.2. The summed E-state index contributed by atoms with van der Waals surface area (Å²) in [5.74, 6) is -0.660. The molecule has 5 heteroatoms. The van der Waals surface area contributed by atoms with E-state index in [1.807, 2.05) is 12.3 Å². The largest absolute Gasteiger partial charge is 0.306 e. The lowest BCUT2D eigenvalue weighted by Gasteiger charge is -2.03. The zero-order chi connectivity index (χ0) is 11.5. The summed E-state index contributed by atoms with van der Waals surface area (Å²) in [5.41, 5.74) is 1.50. The molecule has 2 heterocycles. The first-order valence-corrected chi connectivity index (χ1v) is 5.58. The van der Waals surface area contributed by atoms with Crippen LogP contribution in [0.5, 0.6) is 0 Å². The summed E-state index contributed by atoms with van der Waals surface area (Å²) >= 11 is 1.45. The zero-order valence-electron chi connectivity index (χ0n) is 8.53. The summed E-state index contributed by atoms with van der Waals surface area (Å²) in [7, 11) is 0. The van der Waals surface area contributed by atoms with Gasteiger partial charge in [-0.25, -0.2) is 4.98 Å². The van der Waals surface area contributed by atoms with Crippen molar-refractivity contribution in [1.82, 2.24) is 4.98 Å². The van der Waals surface area contributed by atoms with Gasteiger partial charge in [0.1, 0.15) is 5.82 Å². The van der Waals surface area contributed by atoms with Gasteiger partial charge in [0.25, 0.3) is 5.91 Å². The van der Waals surface area contributed by atoms with Gasteiger partial charge in [-0.1, -0.05) is 6.07 Å². The highest BCUT2D eigenvalue weighted by Gasteiger charge is 2.10. The van der Waals surface area contributed by atoms with Crippen LogP contribution < -0.4 is 5.32 Å². The molecule has 0 unspecified atom stereocenters. The minimum absolute atomic E-state index is 0.218. The van der Waals surface area contributed by atoms with E-state index in [-0.39, 0.29) is 11.7 Å². The molecule has 0 bridgehead atoms. The van der Waals surface area contributed by atoms with Crippen LogP contribution in [0.25, 0.3) is 0 Å². The summed E-state index contributed by atoms with van der Waals surface area (Å²) in [5, 5.41) is 6.18. The molecule has 3 nitrogen and oxygen atoms in total. The van der Waals surface area contributed by atoms with Crippen molar-refractivity contribution < 1.29 is 9.18 Å². The Hall–Kier alpha value is -1.75. The molecule has 2 aromatic heterocycles. The van der Waals surface area contributed by atoms with Crippen LogP contribution in [0.15, 0.2) is 29.0 Å². The molecular formula is C11H9FN2OS. The second-order valence-electron chi connectivity index (χ2n) is 3.27. The smallest absolute Gasteiger partial charge is 0.257 e. The van der Waals surface area contributed by atoms with Gasteiger partial charge in [-0.15, -0.1) is 0 Å². The Kier molecular flexibility index (Phi) is 2.96. The first-order chi connectivity index (χ1) is 7.66. The fraction of sp³-hybridized carbons (Fsp3) is 0.0909. The number of halogens is 1. The Morgan fingerprint density at radius 1 is 1.44 bits per heavy atom. The average Bonchev–Trinajstić information content (AvgIpc) is 2.64. The van der Waals surface area contributed by atoms with Crippen molar-refractivity contribution in [3.05, 3.63) is 46.0 Å². The summed E-state index contributed by atoms with van der Waals surface area (Å²) < 4.78 is 12.8. The molecule has 0 radical (unpaired) electrons. The van der Waals surface area contributed by atoms with Crippen molar-refractivity contribution in [2.75, 3.05) is 5.32 Å². The lowest BCUT2D eigenvalue weighted by Crippen LogP contribution is -2.13. The van der Waals surface area contributed by atoms with Crippen LogP contribution in [-0.4, -0.2) is 10.9 Å². The number of rotatable bonds is 2. The Balaban J connectivity index is 2.17. The van der Waals surface area contributed by atoms with Crippen LogP contribution >= 0.6 is 11.3 Å². The number of thiophene rings is 1. The highest BCUT2D eigenvalue weighted by atomic mass is 32.1. The number of aromatic nitrogens is 1. The maximum Gasteiger partial charge on any atom is 0.257 e. The number of anilines is 1. The number of hydrogen-bond donors (Lipinski definition) is 1. The summed E-state index contributed by atoms with van der Waals surface area (Å²) in [6.07, 6.45) is 0. The normalized spacial score (nSPS) is 10.1. The third kappa shape index (κ3) is 2.25. The number of carbonyl (C=O) groups is 1. The number of nitrogens with one attached hydrogen (secondary N) is 1. The Bertz CT molecular complexity index is 524. The fourth-order valence-electron chi connectivity index (χ4n) is 1.25. The molecule has 0 aliphatic heterocycles. The minimum Gasteiger partial charge on any atom is -0.306 e. The summed E-state index contributed by atoms with van der Waals surface area (Å²) in [6, 6.07) is 4.27. The third-order valence-electron chi connectivity index (χ3n) is 2.06. The quantitative estimate of drug-likeness (QED) is 0.815. The lowest BCUT2D eigenvalue weighted by molar-refractivity contribution is 0.102. The average molecular weight is 236 g/mol. The van der Waals surface area contributed by atoms with Crippen LogP contribution in [0.3, 0.4) is 0 Å². The number of amides is 1. The molecule has 1 N–H and O–H groups in total. The number of pyridine rings is 1. The molecule has 0 fully saturated rings. The SMILES string of the molecule is Cc1cscc1C(=O)Nc1cccc(F)n1. The van der Waals surface area contributed by atoms with Gasteiger partial charge < -0.3 is 5.32 Å². The van der Waals surface area contributed by atoms with Crippen LogP contribution in [0.2, 0.25) is 0 Å². The maximum atomic E-state index is 12.8. The highest BCUT2D eigenvalue weighted by molar-refractivity contribution is 7.08. The van der Waals surface area contributed by atoms with Crippen molar-refractivity contribution in [1.29, 1.82) is 0 Å². The predicted molar refractivity (Wildman–Crippen MR) is 61.2 cm³/mol. The van der Waals surface area contributed by atoms with E-state index in [9.17, 15) is 9.18 Å². The van der Waals surface area contributed by atoms with Gasteiger partial charge in [0.2, 0.25) is 5.95 Å². The van der Waals surface area contributed by atoms with E-state index >= 15 is 0 Å². The van der Waals surface area contributed by atoms with Gasteiger partial charge in [0, 0.05) is 5.38 Å². The van der Waals surface area contributed by atoms with Gasteiger partial charge in [0.15, 0.2) is 0 Å². The maximum absolute atomic E-state index is 12.8. The van der Waals surface area contributed by atoms with Gasteiger partial charge in [-0.2, -0.15) is 15.7 Å². The van der Waals surface area contributed by atoms with E-state index in [0.29, 0.717) is 5.56 Å². The minimum atomic E-state index is -0.611. The standard InChI is InChI=1S/C11H9FN2OS/c1-7-5-16-6-8(7)11(15)14-10-4-2-3-9(12)13-10/h2-6H,1H3,(H,13,14,15). The van der Waals surface area contributed by atoms with E-state index in [2.05, 4.69) is 10.3 Å². The number of hydrogen-bond acceptors (Lipinski definition) is 3. The molecule has 2 rings (SSSR count). The molecule has 2 aromatic rings. The topological polar surface area (TPSA) is 42.0 Å². The number of carbonyl (C=O) groups excluding carboxylic acids is 1. The van der Waals surface area contributed by atoms with Gasteiger partial charge >= 0.3 is 0 Å². The molecule has 16 heavy (non-hydrogen) atoms. The molecule has 0 aromatic carbocycles. The number of nitrogens with zero attached hydrogens (tertiary/aromatic N) is 1.